The highest BCUT2D eigenvalue weighted by Crippen LogP contribution is 2.40. The Balaban J connectivity index is 1.07. The van der Waals surface area contributed by atoms with Gasteiger partial charge in [0.2, 0.25) is 0 Å². The fourth-order valence-corrected chi connectivity index (χ4v) is 8.09. The number of para-hydroxylation sites is 5. The second kappa shape index (κ2) is 11.0. The number of furan rings is 1. The minimum Gasteiger partial charge on any atom is -0.452 e. The zero-order chi connectivity index (χ0) is 34.3. The predicted molar refractivity (Wildman–Crippen MR) is 211 cm³/mol. The van der Waals surface area contributed by atoms with E-state index in [0.29, 0.717) is 5.58 Å². The van der Waals surface area contributed by atoms with Crippen molar-refractivity contribution in [3.05, 3.63) is 176 Å². The van der Waals surface area contributed by atoms with Crippen molar-refractivity contribution < 1.29 is 8.81 Å². The molecule has 4 nitrogen and oxygen atoms in total. The summed E-state index contributed by atoms with van der Waals surface area (Å²) in [7, 11) is 0. The maximum Gasteiger partial charge on any atom is 0.171 e. The molecule has 0 N–H and O–H groups in total. The summed E-state index contributed by atoms with van der Waals surface area (Å²) in [6.07, 6.45) is 0. The van der Waals surface area contributed by atoms with Gasteiger partial charge in [0.15, 0.2) is 11.4 Å². The molecule has 4 heterocycles. The Kier molecular flexibility index (Phi) is 6.10. The summed E-state index contributed by atoms with van der Waals surface area (Å²) >= 11 is 0. The molecule has 0 spiro atoms. The zero-order valence-corrected chi connectivity index (χ0v) is 27.8. The minimum absolute atomic E-state index is 0.264. The van der Waals surface area contributed by atoms with Crippen molar-refractivity contribution in [2.75, 3.05) is 0 Å². The van der Waals surface area contributed by atoms with Gasteiger partial charge in [0.1, 0.15) is 11.4 Å². The van der Waals surface area contributed by atoms with Crippen molar-refractivity contribution in [1.29, 1.82) is 0 Å². The SMILES string of the molecule is Fc1cccc2c1oc1c(-c3cccc(-n4c5ccccc5c5cc(-c6ccc7c(c6)c6ccccc6n7-c6ccccc6)ccc54)n3)cccc12. The molecule has 7 aromatic carbocycles. The van der Waals surface area contributed by atoms with Crippen molar-refractivity contribution in [3.8, 4) is 33.9 Å². The number of halogens is 1. The molecule has 244 valence electrons. The zero-order valence-electron chi connectivity index (χ0n) is 27.8. The second-order valence-electron chi connectivity index (χ2n) is 13.3. The maximum atomic E-state index is 14.7. The number of aromatic nitrogens is 3. The Morgan fingerprint density at radius 3 is 1.71 bits per heavy atom. The van der Waals surface area contributed by atoms with Gasteiger partial charge in [0.25, 0.3) is 0 Å². The van der Waals surface area contributed by atoms with Crippen molar-refractivity contribution in [2.24, 2.45) is 0 Å². The van der Waals surface area contributed by atoms with Gasteiger partial charge in [-0.15, -0.1) is 0 Å². The van der Waals surface area contributed by atoms with Crippen molar-refractivity contribution in [2.45, 2.75) is 0 Å². The number of benzene rings is 7. The second-order valence-corrected chi connectivity index (χ2v) is 13.3. The predicted octanol–water partition coefficient (Wildman–Crippen LogP) is 12.6. The lowest BCUT2D eigenvalue weighted by atomic mass is 10.0. The fraction of sp³-hybridized carbons (Fsp3) is 0. The Morgan fingerprint density at radius 2 is 0.981 bits per heavy atom. The molecule has 11 aromatic rings. The lowest BCUT2D eigenvalue weighted by molar-refractivity contribution is 0.584. The normalized spacial score (nSPS) is 11.9. The first-order valence-electron chi connectivity index (χ1n) is 17.4. The summed E-state index contributed by atoms with van der Waals surface area (Å²) in [5.41, 5.74) is 10.5. The summed E-state index contributed by atoms with van der Waals surface area (Å²) in [6.45, 7) is 0. The standard InChI is InChI=1S/C47H28FN3O/c48-39-18-9-16-35-34-15-8-17-36(46(34)52-47(35)39)40-19-10-22-45(49-40)51-42-21-7-5-14-33(42)38-28-30(24-26-44(38)51)29-23-25-43-37(27-29)32-13-4-6-20-41(32)50(43)31-11-2-1-3-12-31/h1-28H. The molecule has 0 fully saturated rings. The van der Waals surface area contributed by atoms with Crippen LogP contribution in [0.3, 0.4) is 0 Å². The van der Waals surface area contributed by atoms with Crippen LogP contribution in [0.4, 0.5) is 4.39 Å². The number of hydrogen-bond acceptors (Lipinski definition) is 2. The van der Waals surface area contributed by atoms with Gasteiger partial charge in [-0.25, -0.2) is 9.37 Å². The molecule has 52 heavy (non-hydrogen) atoms. The molecule has 11 rings (SSSR count). The first-order valence-corrected chi connectivity index (χ1v) is 17.4. The molecular formula is C47H28FN3O. The lowest BCUT2D eigenvalue weighted by Crippen LogP contribution is -1.98. The van der Waals surface area contributed by atoms with Gasteiger partial charge in [-0.05, 0) is 83.9 Å². The van der Waals surface area contributed by atoms with Gasteiger partial charge < -0.3 is 8.98 Å². The third-order valence-corrected chi connectivity index (χ3v) is 10.4. The van der Waals surface area contributed by atoms with Crippen LogP contribution in [0.15, 0.2) is 174 Å². The molecule has 0 saturated carbocycles. The maximum absolute atomic E-state index is 14.7. The molecule has 0 bridgehead atoms. The van der Waals surface area contributed by atoms with Crippen LogP contribution in [0.1, 0.15) is 0 Å². The molecule has 5 heteroatoms. The van der Waals surface area contributed by atoms with E-state index in [1.165, 1.54) is 27.9 Å². The van der Waals surface area contributed by atoms with Gasteiger partial charge in [-0.2, -0.15) is 0 Å². The summed E-state index contributed by atoms with van der Waals surface area (Å²) in [5, 5.41) is 6.39. The van der Waals surface area contributed by atoms with E-state index in [-0.39, 0.29) is 11.4 Å². The molecular weight excluding hydrogens is 642 g/mol. The van der Waals surface area contributed by atoms with Crippen LogP contribution in [0.2, 0.25) is 0 Å². The van der Waals surface area contributed by atoms with Gasteiger partial charge in [0, 0.05) is 43.6 Å². The third-order valence-electron chi connectivity index (χ3n) is 10.4. The number of rotatable bonds is 4. The van der Waals surface area contributed by atoms with Gasteiger partial charge in [-0.1, -0.05) is 97.1 Å². The smallest absolute Gasteiger partial charge is 0.171 e. The number of hydrogen-bond donors (Lipinski definition) is 0. The Morgan fingerprint density at radius 1 is 0.423 bits per heavy atom. The van der Waals surface area contributed by atoms with Gasteiger partial charge in [-0.3, -0.25) is 4.57 Å². The van der Waals surface area contributed by atoms with E-state index < -0.39 is 0 Å². The highest BCUT2D eigenvalue weighted by molar-refractivity contribution is 6.13. The van der Waals surface area contributed by atoms with Gasteiger partial charge >= 0.3 is 0 Å². The number of pyridine rings is 1. The molecule has 0 aliphatic carbocycles. The lowest BCUT2D eigenvalue weighted by Gasteiger charge is -2.10. The quantitative estimate of drug-likeness (QED) is 0.187. The summed E-state index contributed by atoms with van der Waals surface area (Å²) in [5.74, 6) is 0.427. The van der Waals surface area contributed by atoms with Crippen LogP contribution in [0, 0.1) is 5.82 Å². The Bertz CT molecular complexity index is 3200. The first kappa shape index (κ1) is 28.8. The van der Waals surface area contributed by atoms with E-state index in [2.05, 4.69) is 124 Å². The van der Waals surface area contributed by atoms with Crippen molar-refractivity contribution in [1.82, 2.24) is 14.1 Å². The van der Waals surface area contributed by atoms with Crippen LogP contribution in [-0.4, -0.2) is 14.1 Å². The first-order chi connectivity index (χ1) is 25.7. The number of nitrogens with zero attached hydrogens (tertiary/aromatic N) is 3. The summed E-state index contributed by atoms with van der Waals surface area (Å²) in [4.78, 5) is 5.21. The van der Waals surface area contributed by atoms with Gasteiger partial charge in [0.05, 0.1) is 27.8 Å². The van der Waals surface area contributed by atoms with Crippen LogP contribution in [0.5, 0.6) is 0 Å². The van der Waals surface area contributed by atoms with E-state index in [1.807, 2.05) is 42.5 Å². The third kappa shape index (κ3) is 4.17. The minimum atomic E-state index is -0.370. The van der Waals surface area contributed by atoms with Crippen molar-refractivity contribution >= 4 is 65.6 Å². The topological polar surface area (TPSA) is 35.9 Å². The molecule has 4 aromatic heterocycles. The van der Waals surface area contributed by atoms with E-state index in [1.54, 1.807) is 6.07 Å². The summed E-state index contributed by atoms with van der Waals surface area (Å²) < 4.78 is 25.4. The molecule has 0 aliphatic rings. The monoisotopic (exact) mass is 669 g/mol. The van der Waals surface area contributed by atoms with Crippen LogP contribution in [0.25, 0.3) is 99.4 Å². The van der Waals surface area contributed by atoms with E-state index in [9.17, 15) is 4.39 Å². The molecule has 0 saturated heterocycles. The van der Waals surface area contributed by atoms with Crippen molar-refractivity contribution in [3.63, 3.8) is 0 Å². The van der Waals surface area contributed by atoms with E-state index in [0.717, 1.165) is 66.5 Å². The average molecular weight is 670 g/mol. The Labute approximate surface area is 297 Å². The molecule has 0 unspecified atom stereocenters. The molecule has 0 amide bonds. The fourth-order valence-electron chi connectivity index (χ4n) is 8.09. The molecule has 0 atom stereocenters. The van der Waals surface area contributed by atoms with Crippen LogP contribution in [-0.2, 0) is 0 Å². The average Bonchev–Trinajstić information content (AvgIpc) is 3.86. The molecule has 0 radical (unpaired) electrons. The Hall–Kier alpha value is -6.98. The van der Waals surface area contributed by atoms with E-state index in [4.69, 9.17) is 9.40 Å². The van der Waals surface area contributed by atoms with Crippen LogP contribution < -0.4 is 0 Å². The summed E-state index contributed by atoms with van der Waals surface area (Å²) in [6, 6.07) is 58.2. The molecule has 0 aliphatic heterocycles. The van der Waals surface area contributed by atoms with E-state index >= 15 is 0 Å². The largest absolute Gasteiger partial charge is 0.452 e. The highest BCUT2D eigenvalue weighted by atomic mass is 19.1. The highest BCUT2D eigenvalue weighted by Gasteiger charge is 2.19. The van der Waals surface area contributed by atoms with Crippen LogP contribution >= 0.6 is 0 Å². The number of fused-ring (bicyclic) bond motifs is 9.